The molecule has 5 rings (SSSR count). The molecule has 0 saturated heterocycles. The van der Waals surface area contributed by atoms with Crippen molar-refractivity contribution >= 4 is 12.1 Å². The molecule has 2 aromatic carbocycles. The molecule has 2 atom stereocenters. The summed E-state index contributed by atoms with van der Waals surface area (Å²) < 4.78 is 10.6. The van der Waals surface area contributed by atoms with E-state index in [1.807, 2.05) is 24.3 Å². The second-order valence-electron chi connectivity index (χ2n) is 8.58. The van der Waals surface area contributed by atoms with E-state index in [0.29, 0.717) is 12.8 Å². The highest BCUT2D eigenvalue weighted by Crippen LogP contribution is 2.62. The summed E-state index contributed by atoms with van der Waals surface area (Å²) in [6.45, 7) is 0.173. The molecule has 30 heavy (non-hydrogen) atoms. The van der Waals surface area contributed by atoms with Crippen LogP contribution in [0.15, 0.2) is 48.5 Å². The molecule has 156 valence electrons. The Bertz CT molecular complexity index is 969. The second kappa shape index (κ2) is 6.84. The van der Waals surface area contributed by atoms with Crippen LogP contribution in [0, 0.1) is 5.41 Å². The first-order valence-electron chi connectivity index (χ1n) is 10.4. The predicted molar refractivity (Wildman–Crippen MR) is 110 cm³/mol. The molecule has 2 N–H and O–H groups in total. The quantitative estimate of drug-likeness (QED) is 0.759. The van der Waals surface area contributed by atoms with E-state index in [9.17, 15) is 14.7 Å². The maximum atomic E-state index is 12.8. The average molecular weight is 407 g/mol. The largest absolute Gasteiger partial charge is 0.467 e. The van der Waals surface area contributed by atoms with E-state index < -0.39 is 29.1 Å². The summed E-state index contributed by atoms with van der Waals surface area (Å²) in [5.74, 6) is -0.567. The number of amides is 1. The first-order valence-corrected chi connectivity index (χ1v) is 10.4. The molecular weight excluding hydrogens is 382 g/mol. The summed E-state index contributed by atoms with van der Waals surface area (Å²) >= 11 is 0. The van der Waals surface area contributed by atoms with Gasteiger partial charge in [-0.3, -0.25) is 0 Å². The number of nitrogens with one attached hydrogen (secondary N) is 1. The van der Waals surface area contributed by atoms with Gasteiger partial charge >= 0.3 is 12.1 Å². The lowest BCUT2D eigenvalue weighted by Gasteiger charge is -2.64. The van der Waals surface area contributed by atoms with E-state index in [0.717, 1.165) is 28.7 Å². The van der Waals surface area contributed by atoms with E-state index >= 15 is 0 Å². The summed E-state index contributed by atoms with van der Waals surface area (Å²) in [6, 6.07) is 16.3. The van der Waals surface area contributed by atoms with Gasteiger partial charge in [-0.15, -0.1) is 0 Å². The normalized spacial score (nSPS) is 25.5. The Balaban J connectivity index is 1.34. The summed E-state index contributed by atoms with van der Waals surface area (Å²) in [5.41, 5.74) is 2.73. The van der Waals surface area contributed by atoms with E-state index in [1.165, 1.54) is 7.11 Å². The van der Waals surface area contributed by atoms with Gasteiger partial charge in [0.05, 0.1) is 13.2 Å². The molecule has 2 fully saturated rings. The Morgan fingerprint density at radius 2 is 1.67 bits per heavy atom. The van der Waals surface area contributed by atoms with Gasteiger partial charge in [-0.2, -0.15) is 0 Å². The summed E-state index contributed by atoms with van der Waals surface area (Å²) in [6.07, 6.45) is 1.19. The van der Waals surface area contributed by atoms with Crippen LogP contribution in [0.5, 0.6) is 0 Å². The zero-order chi connectivity index (χ0) is 20.9. The number of carbonyl (C=O) groups excluding carboxylic acids is 2. The molecule has 2 saturated carbocycles. The second-order valence-corrected chi connectivity index (χ2v) is 8.58. The standard InChI is InChI=1S/C24H25NO5/c1-29-21(27)24(13-20(26)23(24)11-6-12-23)25-22(28)30-14-19-17-9-4-2-7-15(17)16-8-3-5-10-18(16)19/h2-5,7-10,19-20,26H,6,11-14H2,1H3,(H,25,28). The number of alkyl carbamates (subject to hydrolysis) is 1. The van der Waals surface area contributed by atoms with Crippen molar-refractivity contribution < 1.29 is 24.2 Å². The number of fused-ring (bicyclic) bond motifs is 3. The Hall–Kier alpha value is -2.86. The highest BCUT2D eigenvalue weighted by atomic mass is 16.6. The van der Waals surface area contributed by atoms with Gasteiger partial charge in [0.25, 0.3) is 0 Å². The molecular formula is C24H25NO5. The molecule has 1 amide bonds. The Labute approximate surface area is 175 Å². The van der Waals surface area contributed by atoms with Crippen LogP contribution < -0.4 is 5.32 Å². The third-order valence-corrected chi connectivity index (χ3v) is 7.43. The summed E-state index contributed by atoms with van der Waals surface area (Å²) in [4.78, 5) is 25.4. The molecule has 6 heteroatoms. The van der Waals surface area contributed by atoms with Crippen LogP contribution >= 0.6 is 0 Å². The maximum Gasteiger partial charge on any atom is 0.408 e. The first-order chi connectivity index (χ1) is 14.5. The number of hydrogen-bond donors (Lipinski definition) is 2. The van der Waals surface area contributed by atoms with Gasteiger partial charge in [-0.25, -0.2) is 9.59 Å². The van der Waals surface area contributed by atoms with Crippen LogP contribution in [0.25, 0.3) is 11.1 Å². The van der Waals surface area contributed by atoms with Crippen molar-refractivity contribution in [3.63, 3.8) is 0 Å². The smallest absolute Gasteiger partial charge is 0.408 e. The number of aliphatic hydroxyl groups excluding tert-OH is 1. The van der Waals surface area contributed by atoms with Crippen molar-refractivity contribution in [3.05, 3.63) is 59.7 Å². The Morgan fingerprint density at radius 3 is 2.17 bits per heavy atom. The fraction of sp³-hybridized carbons (Fsp3) is 0.417. The van der Waals surface area contributed by atoms with Crippen LogP contribution in [0.1, 0.15) is 42.7 Å². The van der Waals surface area contributed by atoms with E-state index in [1.54, 1.807) is 0 Å². The molecule has 2 unspecified atom stereocenters. The van der Waals surface area contributed by atoms with Crippen LogP contribution in [-0.4, -0.2) is 42.5 Å². The van der Waals surface area contributed by atoms with Crippen molar-refractivity contribution in [3.8, 4) is 11.1 Å². The van der Waals surface area contributed by atoms with Crippen molar-refractivity contribution in [2.24, 2.45) is 5.41 Å². The fourth-order valence-corrected chi connectivity index (χ4v) is 5.66. The lowest BCUT2D eigenvalue weighted by Crippen LogP contribution is -2.79. The highest BCUT2D eigenvalue weighted by Gasteiger charge is 2.72. The number of rotatable bonds is 4. The van der Waals surface area contributed by atoms with Gasteiger partial charge in [0, 0.05) is 17.8 Å². The first kappa shape index (κ1) is 19.1. The molecule has 3 aliphatic carbocycles. The van der Waals surface area contributed by atoms with Gasteiger partial charge in [-0.1, -0.05) is 55.0 Å². The number of hydrogen-bond acceptors (Lipinski definition) is 5. The van der Waals surface area contributed by atoms with Crippen molar-refractivity contribution in [2.75, 3.05) is 13.7 Å². The van der Waals surface area contributed by atoms with Crippen LogP contribution in [0.2, 0.25) is 0 Å². The minimum Gasteiger partial charge on any atom is -0.467 e. The topological polar surface area (TPSA) is 84.9 Å². The van der Waals surface area contributed by atoms with Crippen LogP contribution in [-0.2, 0) is 14.3 Å². The summed E-state index contributed by atoms with van der Waals surface area (Å²) in [7, 11) is 1.31. The van der Waals surface area contributed by atoms with Gasteiger partial charge < -0.3 is 19.9 Å². The molecule has 3 aliphatic rings. The zero-order valence-electron chi connectivity index (χ0n) is 16.9. The number of methoxy groups -OCH3 is 1. The molecule has 0 bridgehead atoms. The van der Waals surface area contributed by atoms with E-state index in [2.05, 4.69) is 29.6 Å². The summed E-state index contributed by atoms with van der Waals surface area (Å²) in [5, 5.41) is 13.1. The monoisotopic (exact) mass is 407 g/mol. The van der Waals surface area contributed by atoms with E-state index in [-0.39, 0.29) is 18.9 Å². The van der Waals surface area contributed by atoms with Gasteiger partial charge in [0.15, 0.2) is 5.54 Å². The number of ether oxygens (including phenoxy) is 2. The molecule has 0 aliphatic heterocycles. The highest BCUT2D eigenvalue weighted by molar-refractivity contribution is 5.89. The predicted octanol–water partition coefficient (Wildman–Crippen LogP) is 3.37. The Morgan fingerprint density at radius 1 is 1.07 bits per heavy atom. The zero-order valence-corrected chi connectivity index (χ0v) is 16.9. The van der Waals surface area contributed by atoms with Crippen LogP contribution in [0.3, 0.4) is 0 Å². The van der Waals surface area contributed by atoms with Gasteiger partial charge in [-0.05, 0) is 35.1 Å². The van der Waals surface area contributed by atoms with Crippen molar-refractivity contribution in [1.82, 2.24) is 5.32 Å². The third kappa shape index (κ3) is 2.46. The van der Waals surface area contributed by atoms with E-state index in [4.69, 9.17) is 9.47 Å². The molecule has 0 aromatic heterocycles. The lowest BCUT2D eigenvalue weighted by molar-refractivity contribution is -0.214. The Kier molecular flexibility index (Phi) is 4.36. The van der Waals surface area contributed by atoms with Crippen LogP contribution in [0.4, 0.5) is 4.79 Å². The maximum absolute atomic E-state index is 12.8. The third-order valence-electron chi connectivity index (χ3n) is 7.43. The fourth-order valence-electron chi connectivity index (χ4n) is 5.66. The average Bonchev–Trinajstić information content (AvgIpc) is 3.03. The minimum atomic E-state index is -1.21. The van der Waals surface area contributed by atoms with Gasteiger partial charge in [0.2, 0.25) is 0 Å². The molecule has 0 radical (unpaired) electrons. The number of esters is 1. The molecule has 6 nitrogen and oxygen atoms in total. The SMILES string of the molecule is COC(=O)C1(NC(=O)OCC2c3ccccc3-c3ccccc32)CC(O)C12CCC2. The lowest BCUT2D eigenvalue weighted by atomic mass is 9.43. The number of aliphatic hydroxyl groups is 1. The number of benzene rings is 2. The van der Waals surface area contributed by atoms with Crippen molar-refractivity contribution in [1.29, 1.82) is 0 Å². The van der Waals surface area contributed by atoms with Crippen molar-refractivity contribution in [2.45, 2.75) is 43.2 Å². The molecule has 2 aromatic rings. The minimum absolute atomic E-state index is 0.0538. The molecule has 1 spiro atoms. The van der Waals surface area contributed by atoms with Gasteiger partial charge in [0.1, 0.15) is 6.61 Å². The molecule has 0 heterocycles. The number of carbonyl (C=O) groups is 2.